The van der Waals surface area contributed by atoms with E-state index in [-0.39, 0.29) is 10.6 Å². The van der Waals surface area contributed by atoms with Crippen LogP contribution in [0.25, 0.3) is 0 Å². The van der Waals surface area contributed by atoms with Crippen molar-refractivity contribution in [2.75, 3.05) is 31.1 Å². The summed E-state index contributed by atoms with van der Waals surface area (Å²) in [6.07, 6.45) is 4.56. The third-order valence-electron chi connectivity index (χ3n) is 5.78. The molecule has 2 aliphatic heterocycles. The summed E-state index contributed by atoms with van der Waals surface area (Å²) in [6.45, 7) is 4.46. The lowest BCUT2D eigenvalue weighted by atomic mass is 10.0. The van der Waals surface area contributed by atoms with Crippen LogP contribution in [0.1, 0.15) is 24.0 Å². The van der Waals surface area contributed by atoms with Crippen LogP contribution in [-0.4, -0.2) is 42.0 Å². The van der Waals surface area contributed by atoms with Gasteiger partial charge in [0.1, 0.15) is 0 Å². The highest BCUT2D eigenvalue weighted by Gasteiger charge is 2.28. The van der Waals surface area contributed by atoms with Crippen LogP contribution in [-0.2, 0) is 12.8 Å². The minimum atomic E-state index is -0.342. The fraction of sp³-hybridized carbons (Fsp3) is 0.429. The molecule has 1 fully saturated rings. The van der Waals surface area contributed by atoms with Crippen LogP contribution < -0.4 is 4.90 Å². The summed E-state index contributed by atoms with van der Waals surface area (Å²) in [5.74, 6) is 0. The molecular weight excluding hydrogens is 326 g/mol. The molecule has 0 N–H and O–H groups in total. The molecule has 0 unspecified atom stereocenters. The lowest BCUT2D eigenvalue weighted by Crippen LogP contribution is -2.44. The van der Waals surface area contributed by atoms with Gasteiger partial charge in [-0.2, -0.15) is 0 Å². The Morgan fingerprint density at radius 2 is 1.73 bits per heavy atom. The summed E-state index contributed by atoms with van der Waals surface area (Å²) in [6, 6.07) is 16.4. The average Bonchev–Trinajstić information content (AvgIpc) is 3.11. The average molecular weight is 351 g/mol. The fourth-order valence-electron chi connectivity index (χ4n) is 4.27. The molecule has 2 heterocycles. The predicted octanol–water partition coefficient (Wildman–Crippen LogP) is 3.66. The molecule has 2 aromatic rings. The van der Waals surface area contributed by atoms with E-state index in [0.717, 1.165) is 32.6 Å². The van der Waals surface area contributed by atoms with E-state index < -0.39 is 0 Å². The molecule has 0 aliphatic carbocycles. The first-order chi connectivity index (χ1) is 12.7. The topological polar surface area (TPSA) is 49.6 Å². The third-order valence-corrected chi connectivity index (χ3v) is 5.78. The molecule has 1 saturated heterocycles. The summed E-state index contributed by atoms with van der Waals surface area (Å²) >= 11 is 0. The van der Waals surface area contributed by atoms with Gasteiger partial charge in [-0.05, 0) is 42.9 Å². The molecule has 0 atom stereocenters. The lowest BCUT2D eigenvalue weighted by molar-refractivity contribution is -0.384. The number of nitro groups is 1. The van der Waals surface area contributed by atoms with Crippen molar-refractivity contribution in [2.24, 2.45) is 0 Å². The van der Waals surface area contributed by atoms with Crippen LogP contribution in [0.5, 0.6) is 0 Å². The second-order valence-electron chi connectivity index (χ2n) is 7.32. The first-order valence-corrected chi connectivity index (χ1v) is 9.51. The number of hydrogen-bond acceptors (Lipinski definition) is 4. The largest absolute Gasteiger partial charge is 0.368 e. The number of fused-ring (bicyclic) bond motifs is 1. The number of likely N-dealkylation sites (tertiary alicyclic amines) is 1. The molecule has 0 aromatic heterocycles. The van der Waals surface area contributed by atoms with Gasteiger partial charge in [0.2, 0.25) is 0 Å². The Morgan fingerprint density at radius 1 is 1.00 bits per heavy atom. The van der Waals surface area contributed by atoms with Crippen LogP contribution >= 0.6 is 0 Å². The molecule has 0 saturated carbocycles. The Kier molecular flexibility index (Phi) is 4.89. The SMILES string of the molecule is O=[N+]([O-])c1ccc(CCN2CCC(N3CCc4ccccc43)CC2)cc1. The first-order valence-electron chi connectivity index (χ1n) is 9.51. The molecule has 2 aliphatic rings. The number of hydrogen-bond donors (Lipinski definition) is 0. The first kappa shape index (κ1) is 17.0. The molecule has 0 radical (unpaired) electrons. The van der Waals surface area contributed by atoms with Gasteiger partial charge in [0.15, 0.2) is 0 Å². The zero-order valence-corrected chi connectivity index (χ0v) is 15.0. The Morgan fingerprint density at radius 3 is 2.46 bits per heavy atom. The molecule has 0 amide bonds. The van der Waals surface area contributed by atoms with Gasteiger partial charge >= 0.3 is 0 Å². The van der Waals surface area contributed by atoms with Crippen molar-refractivity contribution < 1.29 is 4.92 Å². The van der Waals surface area contributed by atoms with Gasteiger partial charge in [-0.25, -0.2) is 0 Å². The number of rotatable bonds is 5. The summed E-state index contributed by atoms with van der Waals surface area (Å²) in [4.78, 5) is 15.5. The normalized spacial score (nSPS) is 18.1. The Hall–Kier alpha value is -2.40. The molecule has 4 rings (SSSR count). The van der Waals surface area contributed by atoms with Crippen LogP contribution in [0, 0.1) is 10.1 Å². The van der Waals surface area contributed by atoms with Gasteiger partial charge in [-0.3, -0.25) is 10.1 Å². The minimum absolute atomic E-state index is 0.167. The van der Waals surface area contributed by atoms with Crippen LogP contribution in [0.15, 0.2) is 48.5 Å². The summed E-state index contributed by atoms with van der Waals surface area (Å²) < 4.78 is 0. The van der Waals surface area contributed by atoms with E-state index in [1.165, 1.54) is 36.1 Å². The van der Waals surface area contributed by atoms with Crippen molar-refractivity contribution in [1.82, 2.24) is 4.90 Å². The van der Waals surface area contributed by atoms with E-state index in [0.29, 0.717) is 6.04 Å². The summed E-state index contributed by atoms with van der Waals surface area (Å²) in [7, 11) is 0. The van der Waals surface area contributed by atoms with Crippen molar-refractivity contribution in [3.05, 3.63) is 69.8 Å². The number of benzene rings is 2. The fourth-order valence-corrected chi connectivity index (χ4v) is 4.27. The third kappa shape index (κ3) is 3.58. The van der Waals surface area contributed by atoms with E-state index in [2.05, 4.69) is 34.1 Å². The highest BCUT2D eigenvalue weighted by Crippen LogP contribution is 2.32. The number of non-ortho nitro benzene ring substituents is 1. The zero-order valence-electron chi connectivity index (χ0n) is 15.0. The lowest BCUT2D eigenvalue weighted by Gasteiger charge is -2.38. The van der Waals surface area contributed by atoms with E-state index >= 15 is 0 Å². The highest BCUT2D eigenvalue weighted by molar-refractivity contribution is 5.58. The Balaban J connectivity index is 1.27. The van der Waals surface area contributed by atoms with Gasteiger partial charge in [-0.15, -0.1) is 0 Å². The van der Waals surface area contributed by atoms with Crippen LogP contribution in [0.2, 0.25) is 0 Å². The van der Waals surface area contributed by atoms with E-state index in [1.54, 1.807) is 12.1 Å². The molecule has 136 valence electrons. The smallest absolute Gasteiger partial charge is 0.269 e. The second-order valence-corrected chi connectivity index (χ2v) is 7.32. The van der Waals surface area contributed by atoms with Gasteiger partial charge < -0.3 is 9.80 Å². The van der Waals surface area contributed by atoms with E-state index in [1.807, 2.05) is 12.1 Å². The van der Waals surface area contributed by atoms with E-state index in [9.17, 15) is 10.1 Å². The van der Waals surface area contributed by atoms with Gasteiger partial charge in [0.05, 0.1) is 4.92 Å². The van der Waals surface area contributed by atoms with Crippen molar-refractivity contribution in [2.45, 2.75) is 31.7 Å². The number of nitrogens with zero attached hydrogens (tertiary/aromatic N) is 3. The molecule has 2 aromatic carbocycles. The Labute approximate surface area is 154 Å². The van der Waals surface area contributed by atoms with Gasteiger partial charge in [0, 0.05) is 50.0 Å². The van der Waals surface area contributed by atoms with Crippen molar-refractivity contribution in [3.63, 3.8) is 0 Å². The molecule has 0 bridgehead atoms. The monoisotopic (exact) mass is 351 g/mol. The maximum atomic E-state index is 10.7. The Bertz CT molecular complexity index is 767. The van der Waals surface area contributed by atoms with Crippen molar-refractivity contribution in [3.8, 4) is 0 Å². The summed E-state index contributed by atoms with van der Waals surface area (Å²) in [5.41, 5.74) is 4.27. The second kappa shape index (κ2) is 7.46. The van der Waals surface area contributed by atoms with Gasteiger partial charge in [-0.1, -0.05) is 30.3 Å². The standard InChI is InChI=1S/C21H25N3O2/c25-24(26)20-7-5-17(6-8-20)9-13-22-14-11-19(12-15-22)23-16-10-18-3-1-2-4-21(18)23/h1-8,19H,9-16H2. The predicted molar refractivity (Wildman–Crippen MR) is 104 cm³/mol. The number of anilines is 1. The number of nitro benzene ring substituents is 1. The molecule has 26 heavy (non-hydrogen) atoms. The van der Waals surface area contributed by atoms with Crippen molar-refractivity contribution in [1.29, 1.82) is 0 Å². The van der Waals surface area contributed by atoms with Crippen molar-refractivity contribution >= 4 is 11.4 Å². The molecule has 5 nitrogen and oxygen atoms in total. The maximum Gasteiger partial charge on any atom is 0.269 e. The molecule has 5 heteroatoms. The quantitative estimate of drug-likeness (QED) is 0.609. The number of para-hydroxylation sites is 1. The number of piperidine rings is 1. The molecular formula is C21H25N3O2. The molecule has 0 spiro atoms. The van der Waals surface area contributed by atoms with Crippen LogP contribution in [0.4, 0.5) is 11.4 Å². The zero-order chi connectivity index (χ0) is 17.9. The maximum absolute atomic E-state index is 10.7. The highest BCUT2D eigenvalue weighted by atomic mass is 16.6. The summed E-state index contributed by atoms with van der Waals surface area (Å²) in [5, 5.41) is 10.7. The van der Waals surface area contributed by atoms with Gasteiger partial charge in [0.25, 0.3) is 5.69 Å². The minimum Gasteiger partial charge on any atom is -0.368 e. The van der Waals surface area contributed by atoms with E-state index in [4.69, 9.17) is 0 Å². The van der Waals surface area contributed by atoms with Crippen LogP contribution in [0.3, 0.4) is 0 Å².